The third kappa shape index (κ3) is 2.02. The van der Waals surface area contributed by atoms with Gasteiger partial charge >= 0.3 is 0 Å². The Labute approximate surface area is 97.4 Å². The summed E-state index contributed by atoms with van der Waals surface area (Å²) in [6.45, 7) is 0.858. The van der Waals surface area contributed by atoms with Gasteiger partial charge in [0.1, 0.15) is 11.4 Å². The minimum absolute atomic E-state index is 0.222. The van der Waals surface area contributed by atoms with E-state index in [1.807, 2.05) is 18.2 Å². The second-order valence-electron chi connectivity index (χ2n) is 3.83. The molecule has 4 heteroatoms. The zero-order valence-electron chi connectivity index (χ0n) is 8.37. The Morgan fingerprint density at radius 1 is 1.53 bits per heavy atom. The second-order valence-corrected chi connectivity index (χ2v) is 4.74. The van der Waals surface area contributed by atoms with E-state index in [1.54, 1.807) is 0 Å². The Kier molecular flexibility index (Phi) is 3.00. The summed E-state index contributed by atoms with van der Waals surface area (Å²) in [5.41, 5.74) is 5.49. The number of nitrogens with two attached hydrogens (primary N) is 1. The fraction of sp³-hybridized carbons (Fsp3) is 0.455. The van der Waals surface area contributed by atoms with Crippen molar-refractivity contribution in [3.63, 3.8) is 0 Å². The zero-order valence-corrected chi connectivity index (χ0v) is 9.96. The molecule has 0 saturated carbocycles. The van der Waals surface area contributed by atoms with Gasteiger partial charge in [0.2, 0.25) is 0 Å². The molecule has 0 amide bonds. The number of hydrogen-bond donors (Lipinski definition) is 2. The SMILES string of the molecule is NCC1(O)CCCOc2ccc(Br)cc21. The topological polar surface area (TPSA) is 55.5 Å². The highest BCUT2D eigenvalue weighted by atomic mass is 79.9. The quantitative estimate of drug-likeness (QED) is 0.819. The highest BCUT2D eigenvalue weighted by Crippen LogP contribution is 2.37. The van der Waals surface area contributed by atoms with Crippen molar-refractivity contribution in [2.75, 3.05) is 13.2 Å². The monoisotopic (exact) mass is 271 g/mol. The fourth-order valence-electron chi connectivity index (χ4n) is 1.89. The number of hydrogen-bond acceptors (Lipinski definition) is 3. The van der Waals surface area contributed by atoms with Gasteiger partial charge in [-0.1, -0.05) is 15.9 Å². The number of halogens is 1. The van der Waals surface area contributed by atoms with Gasteiger partial charge < -0.3 is 15.6 Å². The summed E-state index contributed by atoms with van der Waals surface area (Å²) >= 11 is 3.39. The Morgan fingerprint density at radius 3 is 3.07 bits per heavy atom. The molecule has 0 bridgehead atoms. The summed E-state index contributed by atoms with van der Waals surface area (Å²) in [5.74, 6) is 0.739. The van der Waals surface area contributed by atoms with Crippen LogP contribution in [0.25, 0.3) is 0 Å². The normalized spacial score (nSPS) is 25.3. The lowest BCUT2D eigenvalue weighted by Crippen LogP contribution is -2.34. The average Bonchev–Trinajstić information content (AvgIpc) is 2.40. The molecule has 3 nitrogen and oxygen atoms in total. The summed E-state index contributed by atoms with van der Waals surface area (Å²) < 4.78 is 6.49. The number of aliphatic hydroxyl groups is 1. The van der Waals surface area contributed by atoms with Crippen molar-refractivity contribution in [3.8, 4) is 5.75 Å². The third-order valence-electron chi connectivity index (χ3n) is 2.77. The molecular formula is C11H14BrNO2. The zero-order chi connectivity index (χ0) is 10.9. The van der Waals surface area contributed by atoms with Crippen LogP contribution in [0.15, 0.2) is 22.7 Å². The first kappa shape index (κ1) is 10.9. The summed E-state index contributed by atoms with van der Waals surface area (Å²) in [7, 11) is 0. The first-order valence-electron chi connectivity index (χ1n) is 5.01. The molecule has 1 aliphatic heterocycles. The van der Waals surface area contributed by atoms with Gasteiger partial charge in [-0.05, 0) is 31.0 Å². The van der Waals surface area contributed by atoms with Gasteiger partial charge in [0, 0.05) is 16.6 Å². The van der Waals surface area contributed by atoms with Gasteiger partial charge in [-0.2, -0.15) is 0 Å². The van der Waals surface area contributed by atoms with E-state index < -0.39 is 5.60 Å². The molecule has 82 valence electrons. The van der Waals surface area contributed by atoms with Gasteiger partial charge in [-0.3, -0.25) is 0 Å². The summed E-state index contributed by atoms with van der Waals surface area (Å²) in [6, 6.07) is 5.65. The lowest BCUT2D eigenvalue weighted by molar-refractivity contribution is 0.0374. The van der Waals surface area contributed by atoms with Gasteiger partial charge in [-0.15, -0.1) is 0 Å². The van der Waals surface area contributed by atoms with E-state index in [9.17, 15) is 5.11 Å². The third-order valence-corrected chi connectivity index (χ3v) is 3.27. The van der Waals surface area contributed by atoms with Crippen molar-refractivity contribution in [1.82, 2.24) is 0 Å². The lowest BCUT2D eigenvalue weighted by atomic mass is 9.89. The molecule has 1 atom stereocenters. The van der Waals surface area contributed by atoms with E-state index in [4.69, 9.17) is 10.5 Å². The molecular weight excluding hydrogens is 258 g/mol. The highest BCUT2D eigenvalue weighted by molar-refractivity contribution is 9.10. The van der Waals surface area contributed by atoms with E-state index in [0.29, 0.717) is 13.0 Å². The van der Waals surface area contributed by atoms with E-state index in [1.165, 1.54) is 0 Å². The second kappa shape index (κ2) is 4.12. The molecule has 0 saturated heterocycles. The smallest absolute Gasteiger partial charge is 0.125 e. The van der Waals surface area contributed by atoms with Gasteiger partial charge in [-0.25, -0.2) is 0 Å². The minimum Gasteiger partial charge on any atom is -0.493 e. The number of fused-ring (bicyclic) bond motifs is 1. The van der Waals surface area contributed by atoms with Crippen molar-refractivity contribution < 1.29 is 9.84 Å². The van der Waals surface area contributed by atoms with Crippen molar-refractivity contribution in [1.29, 1.82) is 0 Å². The molecule has 0 fully saturated rings. The maximum atomic E-state index is 10.4. The molecule has 1 unspecified atom stereocenters. The number of rotatable bonds is 1. The van der Waals surface area contributed by atoms with Crippen molar-refractivity contribution >= 4 is 15.9 Å². The maximum absolute atomic E-state index is 10.4. The minimum atomic E-state index is -0.949. The predicted octanol–water partition coefficient (Wildman–Crippen LogP) is 1.77. The summed E-state index contributed by atoms with van der Waals surface area (Å²) in [6.07, 6.45) is 1.47. The molecule has 1 aromatic rings. The fourth-order valence-corrected chi connectivity index (χ4v) is 2.25. The molecule has 15 heavy (non-hydrogen) atoms. The van der Waals surface area contributed by atoms with Gasteiger partial charge in [0.15, 0.2) is 0 Å². The first-order chi connectivity index (χ1) is 7.15. The Balaban J connectivity index is 2.52. The van der Waals surface area contributed by atoms with E-state index in [0.717, 1.165) is 22.2 Å². The largest absolute Gasteiger partial charge is 0.493 e. The summed E-state index contributed by atoms with van der Waals surface area (Å²) in [4.78, 5) is 0. The van der Waals surface area contributed by atoms with E-state index in [-0.39, 0.29) is 6.54 Å². The molecule has 0 radical (unpaired) electrons. The van der Waals surface area contributed by atoms with Crippen molar-refractivity contribution in [2.45, 2.75) is 18.4 Å². The Hall–Kier alpha value is -0.580. The molecule has 3 N–H and O–H groups in total. The van der Waals surface area contributed by atoms with Crippen LogP contribution in [0.1, 0.15) is 18.4 Å². The molecule has 0 aliphatic carbocycles. The van der Waals surface area contributed by atoms with Gasteiger partial charge in [0.25, 0.3) is 0 Å². The average molecular weight is 272 g/mol. The summed E-state index contributed by atoms with van der Waals surface area (Å²) in [5, 5.41) is 10.4. The number of ether oxygens (including phenoxy) is 1. The van der Waals surface area contributed by atoms with Gasteiger partial charge in [0.05, 0.1) is 6.61 Å². The first-order valence-corrected chi connectivity index (χ1v) is 5.80. The van der Waals surface area contributed by atoms with Crippen LogP contribution >= 0.6 is 15.9 Å². The van der Waals surface area contributed by atoms with Crippen LogP contribution in [0.5, 0.6) is 5.75 Å². The standard InChI is InChI=1S/C11H14BrNO2/c12-8-2-3-10-9(6-8)11(14,7-13)4-1-5-15-10/h2-3,6,14H,1,4-5,7,13H2. The van der Waals surface area contributed by atoms with Crippen LogP contribution < -0.4 is 10.5 Å². The van der Waals surface area contributed by atoms with Crippen molar-refractivity contribution in [2.24, 2.45) is 5.73 Å². The molecule has 1 aromatic carbocycles. The Bertz CT molecular complexity index is 370. The number of benzene rings is 1. The van der Waals surface area contributed by atoms with Crippen LogP contribution in [0.4, 0.5) is 0 Å². The molecule has 1 heterocycles. The predicted molar refractivity (Wildman–Crippen MR) is 61.8 cm³/mol. The van der Waals surface area contributed by atoms with Crippen LogP contribution in [0.2, 0.25) is 0 Å². The molecule has 0 spiro atoms. The molecule has 0 aromatic heterocycles. The van der Waals surface area contributed by atoms with Crippen LogP contribution in [-0.2, 0) is 5.60 Å². The molecule has 2 rings (SSSR count). The highest BCUT2D eigenvalue weighted by Gasteiger charge is 2.32. The van der Waals surface area contributed by atoms with E-state index in [2.05, 4.69) is 15.9 Å². The Morgan fingerprint density at radius 2 is 2.33 bits per heavy atom. The molecule has 1 aliphatic rings. The van der Waals surface area contributed by atoms with E-state index >= 15 is 0 Å². The maximum Gasteiger partial charge on any atom is 0.125 e. The van der Waals surface area contributed by atoms with Crippen LogP contribution in [0, 0.1) is 0 Å². The van der Waals surface area contributed by atoms with Crippen LogP contribution in [0.3, 0.4) is 0 Å². The lowest BCUT2D eigenvalue weighted by Gasteiger charge is -2.26. The van der Waals surface area contributed by atoms with Crippen molar-refractivity contribution in [3.05, 3.63) is 28.2 Å². The van der Waals surface area contributed by atoms with Crippen LogP contribution in [-0.4, -0.2) is 18.3 Å².